The highest BCUT2D eigenvalue weighted by Gasteiger charge is 2.15. The number of ketones is 1. The van der Waals surface area contributed by atoms with Crippen LogP contribution >= 0.6 is 23.4 Å². The van der Waals surface area contributed by atoms with Crippen molar-refractivity contribution in [3.63, 3.8) is 0 Å². The molecule has 0 aliphatic heterocycles. The molecule has 2 aromatic rings. The quantitative estimate of drug-likeness (QED) is 0.793. The first-order chi connectivity index (χ1) is 9.47. The van der Waals surface area contributed by atoms with Crippen LogP contribution in [0.5, 0.6) is 0 Å². The Bertz CT molecular complexity index is 642. The largest absolute Gasteiger partial charge is 0.298 e. The van der Waals surface area contributed by atoms with Gasteiger partial charge in [-0.2, -0.15) is 5.10 Å². The number of aryl methyl sites for hydroxylation is 2. The van der Waals surface area contributed by atoms with E-state index >= 15 is 0 Å². The minimum atomic E-state index is -0.298. The highest BCUT2D eigenvalue weighted by molar-refractivity contribution is 8.00. The lowest BCUT2D eigenvalue weighted by atomic mass is 10.2. The van der Waals surface area contributed by atoms with E-state index in [4.69, 9.17) is 11.6 Å². The molecule has 0 saturated heterocycles. The second-order valence-corrected chi connectivity index (χ2v) is 5.86. The number of benzene rings is 1. The Labute approximate surface area is 126 Å². The third-order valence-corrected chi connectivity index (χ3v) is 4.37. The maximum atomic E-state index is 13.0. The fraction of sp³-hybridized carbons (Fsp3) is 0.286. The molecule has 0 unspecified atom stereocenters. The van der Waals surface area contributed by atoms with Crippen molar-refractivity contribution in [2.45, 2.75) is 18.2 Å². The molecule has 0 aliphatic carbocycles. The van der Waals surface area contributed by atoms with Crippen LogP contribution in [0.1, 0.15) is 11.4 Å². The summed E-state index contributed by atoms with van der Waals surface area (Å²) >= 11 is 7.42. The molecule has 0 atom stereocenters. The van der Waals surface area contributed by atoms with Crippen LogP contribution in [0.25, 0.3) is 0 Å². The van der Waals surface area contributed by atoms with Gasteiger partial charge in [0.15, 0.2) is 0 Å². The molecule has 1 aromatic heterocycles. The van der Waals surface area contributed by atoms with Gasteiger partial charge in [0.25, 0.3) is 0 Å². The third-order valence-electron chi connectivity index (χ3n) is 2.82. The van der Waals surface area contributed by atoms with E-state index in [1.54, 1.807) is 30.8 Å². The summed E-state index contributed by atoms with van der Waals surface area (Å²) in [7, 11) is 1.77. The SMILES string of the molecule is Cc1nn(C)c(CC(=O)CSc2cccc(F)c2)c1Cl. The summed E-state index contributed by atoms with van der Waals surface area (Å²) in [5, 5.41) is 4.71. The number of rotatable bonds is 5. The summed E-state index contributed by atoms with van der Waals surface area (Å²) < 4.78 is 14.6. The Balaban J connectivity index is 1.96. The number of hydrogen-bond acceptors (Lipinski definition) is 3. The monoisotopic (exact) mass is 312 g/mol. The zero-order valence-corrected chi connectivity index (χ0v) is 12.8. The average Bonchev–Trinajstić information content (AvgIpc) is 2.63. The Morgan fingerprint density at radius 1 is 1.50 bits per heavy atom. The molecule has 0 saturated carbocycles. The van der Waals surface area contributed by atoms with Gasteiger partial charge >= 0.3 is 0 Å². The summed E-state index contributed by atoms with van der Waals surface area (Å²) in [5.74, 6) is 0.0150. The van der Waals surface area contributed by atoms with Crippen LogP contribution in [0.4, 0.5) is 4.39 Å². The van der Waals surface area contributed by atoms with Gasteiger partial charge in [0.05, 0.1) is 28.6 Å². The number of carbonyl (C=O) groups excluding carboxylic acids is 1. The minimum absolute atomic E-state index is 0.0316. The number of carbonyl (C=O) groups is 1. The van der Waals surface area contributed by atoms with Gasteiger partial charge in [-0.15, -0.1) is 11.8 Å². The van der Waals surface area contributed by atoms with Crippen LogP contribution in [0, 0.1) is 12.7 Å². The topological polar surface area (TPSA) is 34.9 Å². The lowest BCUT2D eigenvalue weighted by molar-refractivity contribution is -0.116. The number of hydrogen-bond donors (Lipinski definition) is 0. The van der Waals surface area contributed by atoms with Crippen LogP contribution in [-0.4, -0.2) is 21.3 Å². The van der Waals surface area contributed by atoms with Crippen molar-refractivity contribution < 1.29 is 9.18 Å². The number of Topliss-reactive ketones (excluding diaryl/α,β-unsaturated/α-hetero) is 1. The Morgan fingerprint density at radius 3 is 2.85 bits per heavy atom. The molecule has 20 heavy (non-hydrogen) atoms. The van der Waals surface area contributed by atoms with Gasteiger partial charge in [-0.05, 0) is 25.1 Å². The molecule has 0 spiro atoms. The second-order valence-electron chi connectivity index (χ2n) is 4.43. The van der Waals surface area contributed by atoms with Crippen LogP contribution in [0.2, 0.25) is 5.02 Å². The first kappa shape index (κ1) is 15.1. The highest BCUT2D eigenvalue weighted by Crippen LogP contribution is 2.22. The molecule has 6 heteroatoms. The molecule has 0 fully saturated rings. The number of thioether (sulfide) groups is 1. The summed E-state index contributed by atoms with van der Waals surface area (Å²) in [6.45, 7) is 1.80. The number of halogens is 2. The van der Waals surface area contributed by atoms with Crippen molar-refractivity contribution in [3.05, 3.63) is 46.5 Å². The van der Waals surface area contributed by atoms with Crippen molar-refractivity contribution in [1.29, 1.82) is 0 Å². The van der Waals surface area contributed by atoms with Crippen molar-refractivity contribution in [3.8, 4) is 0 Å². The molecule has 106 valence electrons. The summed E-state index contributed by atoms with van der Waals surface area (Å²) in [5.41, 5.74) is 1.43. The maximum absolute atomic E-state index is 13.0. The lowest BCUT2D eigenvalue weighted by Crippen LogP contribution is -2.10. The van der Waals surface area contributed by atoms with E-state index in [2.05, 4.69) is 5.10 Å². The molecule has 0 aliphatic rings. The van der Waals surface area contributed by atoms with Crippen molar-refractivity contribution >= 4 is 29.1 Å². The first-order valence-corrected chi connectivity index (χ1v) is 7.41. The van der Waals surface area contributed by atoms with Gasteiger partial charge in [0, 0.05) is 11.9 Å². The fourth-order valence-electron chi connectivity index (χ4n) is 1.83. The zero-order valence-electron chi connectivity index (χ0n) is 11.2. The van der Waals surface area contributed by atoms with Crippen LogP contribution in [0.3, 0.4) is 0 Å². The van der Waals surface area contributed by atoms with E-state index in [0.717, 1.165) is 10.6 Å². The molecule has 0 amide bonds. The zero-order chi connectivity index (χ0) is 14.7. The molecular formula is C14H14ClFN2OS. The van der Waals surface area contributed by atoms with Crippen molar-refractivity contribution in [2.24, 2.45) is 7.05 Å². The fourth-order valence-corrected chi connectivity index (χ4v) is 2.86. The second kappa shape index (κ2) is 6.41. The van der Waals surface area contributed by atoms with E-state index < -0.39 is 0 Å². The Morgan fingerprint density at radius 2 is 2.25 bits per heavy atom. The molecule has 1 heterocycles. The third kappa shape index (κ3) is 3.61. The summed E-state index contributed by atoms with van der Waals surface area (Å²) in [6, 6.07) is 6.20. The first-order valence-electron chi connectivity index (χ1n) is 6.05. The van der Waals surface area contributed by atoms with Crippen molar-refractivity contribution in [1.82, 2.24) is 9.78 Å². The molecule has 0 bridgehead atoms. The maximum Gasteiger partial charge on any atom is 0.149 e. The molecule has 2 rings (SSSR count). The minimum Gasteiger partial charge on any atom is -0.298 e. The number of aromatic nitrogens is 2. The smallest absolute Gasteiger partial charge is 0.149 e. The van der Waals surface area contributed by atoms with Gasteiger partial charge in [0.2, 0.25) is 0 Å². The van der Waals surface area contributed by atoms with E-state index in [1.807, 2.05) is 0 Å². The molecule has 0 radical (unpaired) electrons. The highest BCUT2D eigenvalue weighted by atomic mass is 35.5. The van der Waals surface area contributed by atoms with Crippen LogP contribution in [0.15, 0.2) is 29.2 Å². The van der Waals surface area contributed by atoms with Gasteiger partial charge < -0.3 is 0 Å². The van der Waals surface area contributed by atoms with E-state index in [1.165, 1.54) is 23.9 Å². The predicted octanol–water partition coefficient (Wildman–Crippen LogP) is 3.42. The molecular weight excluding hydrogens is 299 g/mol. The average molecular weight is 313 g/mol. The van der Waals surface area contributed by atoms with Crippen LogP contribution in [-0.2, 0) is 18.3 Å². The van der Waals surface area contributed by atoms with Crippen molar-refractivity contribution in [2.75, 3.05) is 5.75 Å². The normalized spacial score (nSPS) is 10.8. The number of nitrogens with zero attached hydrogens (tertiary/aromatic N) is 2. The van der Waals surface area contributed by atoms with Gasteiger partial charge in [-0.1, -0.05) is 17.7 Å². The standard InChI is InChI=1S/C14H14ClFN2OS/c1-9-14(15)13(18(2)17-9)7-11(19)8-20-12-5-3-4-10(16)6-12/h3-6H,7-8H2,1-2H3. The Hall–Kier alpha value is -1.33. The molecule has 1 aromatic carbocycles. The van der Waals surface area contributed by atoms with Gasteiger partial charge in [0.1, 0.15) is 11.6 Å². The van der Waals surface area contributed by atoms with E-state index in [-0.39, 0.29) is 23.8 Å². The van der Waals surface area contributed by atoms with E-state index in [9.17, 15) is 9.18 Å². The lowest BCUT2D eigenvalue weighted by Gasteiger charge is -2.03. The van der Waals surface area contributed by atoms with Gasteiger partial charge in [-0.25, -0.2) is 4.39 Å². The van der Waals surface area contributed by atoms with E-state index in [0.29, 0.717) is 10.7 Å². The Kier molecular flexibility index (Phi) is 4.83. The summed E-state index contributed by atoms with van der Waals surface area (Å²) in [6.07, 6.45) is 0.235. The summed E-state index contributed by atoms with van der Waals surface area (Å²) in [4.78, 5) is 12.7. The van der Waals surface area contributed by atoms with Gasteiger partial charge in [-0.3, -0.25) is 9.48 Å². The molecule has 0 N–H and O–H groups in total. The molecule has 3 nitrogen and oxygen atoms in total. The van der Waals surface area contributed by atoms with Crippen LogP contribution < -0.4 is 0 Å². The predicted molar refractivity (Wildman–Crippen MR) is 78.8 cm³/mol.